The van der Waals surface area contributed by atoms with E-state index in [1.165, 1.54) is 12.1 Å². The summed E-state index contributed by atoms with van der Waals surface area (Å²) in [5.41, 5.74) is 1.98. The van der Waals surface area contributed by atoms with Crippen LogP contribution in [0.2, 0.25) is 0 Å². The Bertz CT molecular complexity index is 414. The third-order valence-electron chi connectivity index (χ3n) is 3.01. The molecule has 1 saturated heterocycles. The molecule has 72 valence electrons. The van der Waals surface area contributed by atoms with Gasteiger partial charge < -0.3 is 4.74 Å². The van der Waals surface area contributed by atoms with E-state index >= 15 is 0 Å². The SMILES string of the molecule is O=C1C[C@@H]2Cc3ccc(F)cc3[C@@H]2O1. The third-order valence-corrected chi connectivity index (χ3v) is 3.01. The zero-order chi connectivity index (χ0) is 9.71. The van der Waals surface area contributed by atoms with Gasteiger partial charge in [-0.05, 0) is 29.7 Å². The minimum absolute atomic E-state index is 0.157. The molecule has 1 aliphatic heterocycles. The Kier molecular flexibility index (Phi) is 1.46. The maximum atomic E-state index is 13.0. The fourth-order valence-corrected chi connectivity index (χ4v) is 2.40. The predicted octanol–water partition coefficient (Wildman–Crippen LogP) is 1.99. The molecule has 0 bridgehead atoms. The Morgan fingerprint density at radius 1 is 1.36 bits per heavy atom. The maximum Gasteiger partial charge on any atom is 0.306 e. The molecule has 2 atom stereocenters. The van der Waals surface area contributed by atoms with Crippen molar-refractivity contribution in [3.8, 4) is 0 Å². The number of halogens is 1. The molecule has 0 amide bonds. The average Bonchev–Trinajstić information content (AvgIpc) is 2.62. The lowest BCUT2D eigenvalue weighted by atomic mass is 10.0. The first-order valence-electron chi connectivity index (χ1n) is 4.72. The molecule has 2 aliphatic rings. The van der Waals surface area contributed by atoms with Crippen LogP contribution < -0.4 is 0 Å². The summed E-state index contributed by atoms with van der Waals surface area (Å²) in [6.45, 7) is 0. The number of hydrogen-bond donors (Lipinski definition) is 0. The van der Waals surface area contributed by atoms with Crippen LogP contribution >= 0.6 is 0 Å². The number of benzene rings is 1. The second-order valence-electron chi connectivity index (χ2n) is 3.92. The first kappa shape index (κ1) is 7.97. The van der Waals surface area contributed by atoms with Crippen LogP contribution in [0, 0.1) is 11.7 Å². The van der Waals surface area contributed by atoms with Crippen molar-refractivity contribution in [3.63, 3.8) is 0 Å². The molecular formula is C11H9FO2. The zero-order valence-corrected chi connectivity index (χ0v) is 7.50. The average molecular weight is 192 g/mol. The second kappa shape index (κ2) is 2.56. The van der Waals surface area contributed by atoms with Crippen LogP contribution in [0.4, 0.5) is 4.39 Å². The highest BCUT2D eigenvalue weighted by molar-refractivity contribution is 5.73. The molecule has 1 aromatic rings. The molecule has 0 aromatic heterocycles. The van der Waals surface area contributed by atoms with Crippen molar-refractivity contribution in [1.82, 2.24) is 0 Å². The molecule has 3 heteroatoms. The van der Waals surface area contributed by atoms with Crippen LogP contribution in [0.3, 0.4) is 0 Å². The van der Waals surface area contributed by atoms with Crippen molar-refractivity contribution in [2.45, 2.75) is 18.9 Å². The van der Waals surface area contributed by atoms with Gasteiger partial charge in [0, 0.05) is 5.92 Å². The molecule has 1 aromatic carbocycles. The molecule has 14 heavy (non-hydrogen) atoms. The van der Waals surface area contributed by atoms with Gasteiger partial charge in [-0.15, -0.1) is 0 Å². The minimum Gasteiger partial charge on any atom is -0.457 e. The van der Waals surface area contributed by atoms with Gasteiger partial charge in [0.15, 0.2) is 0 Å². The molecule has 1 heterocycles. The van der Waals surface area contributed by atoms with Crippen molar-refractivity contribution in [2.75, 3.05) is 0 Å². The zero-order valence-electron chi connectivity index (χ0n) is 7.50. The van der Waals surface area contributed by atoms with E-state index in [0.29, 0.717) is 6.42 Å². The summed E-state index contributed by atoms with van der Waals surface area (Å²) >= 11 is 0. The fourth-order valence-electron chi connectivity index (χ4n) is 2.40. The van der Waals surface area contributed by atoms with Gasteiger partial charge in [0.05, 0.1) is 6.42 Å². The number of rotatable bonds is 0. The molecule has 0 saturated carbocycles. The van der Waals surface area contributed by atoms with Gasteiger partial charge in [0.2, 0.25) is 0 Å². The molecular weight excluding hydrogens is 183 g/mol. The van der Waals surface area contributed by atoms with Gasteiger partial charge in [0.1, 0.15) is 11.9 Å². The quantitative estimate of drug-likeness (QED) is 0.587. The summed E-state index contributed by atoms with van der Waals surface area (Å²) in [6.07, 6.45) is 1.13. The summed E-state index contributed by atoms with van der Waals surface area (Å²) in [6, 6.07) is 4.73. The lowest BCUT2D eigenvalue weighted by molar-refractivity contribution is -0.141. The first-order chi connectivity index (χ1) is 6.74. The summed E-state index contributed by atoms with van der Waals surface area (Å²) < 4.78 is 18.1. The van der Waals surface area contributed by atoms with Gasteiger partial charge in [-0.1, -0.05) is 6.07 Å². The molecule has 2 nitrogen and oxygen atoms in total. The third kappa shape index (κ3) is 0.983. The number of carbonyl (C=O) groups excluding carboxylic acids is 1. The number of esters is 1. The Hall–Kier alpha value is -1.38. The van der Waals surface area contributed by atoms with Crippen LogP contribution in [-0.4, -0.2) is 5.97 Å². The van der Waals surface area contributed by atoms with Gasteiger partial charge >= 0.3 is 5.97 Å². The van der Waals surface area contributed by atoms with Gasteiger partial charge in [-0.3, -0.25) is 4.79 Å². The number of ether oxygens (including phenoxy) is 1. The van der Waals surface area contributed by atoms with Crippen molar-refractivity contribution >= 4 is 5.97 Å². The monoisotopic (exact) mass is 192 g/mol. The van der Waals surface area contributed by atoms with Crippen LogP contribution in [0.1, 0.15) is 23.7 Å². The van der Waals surface area contributed by atoms with Gasteiger partial charge in [-0.2, -0.15) is 0 Å². The Balaban J connectivity index is 2.07. The van der Waals surface area contributed by atoms with E-state index in [9.17, 15) is 9.18 Å². The van der Waals surface area contributed by atoms with Crippen molar-refractivity contribution < 1.29 is 13.9 Å². The van der Waals surface area contributed by atoms with E-state index in [1.807, 2.05) is 0 Å². The van der Waals surface area contributed by atoms with Crippen LogP contribution in [0.25, 0.3) is 0 Å². The van der Waals surface area contributed by atoms with E-state index in [0.717, 1.165) is 17.5 Å². The highest BCUT2D eigenvalue weighted by atomic mass is 19.1. The highest BCUT2D eigenvalue weighted by Crippen LogP contribution is 2.45. The normalized spacial score (nSPS) is 28.5. The van der Waals surface area contributed by atoms with Crippen molar-refractivity contribution in [2.24, 2.45) is 5.92 Å². The van der Waals surface area contributed by atoms with Crippen molar-refractivity contribution in [1.29, 1.82) is 0 Å². The predicted molar refractivity (Wildman–Crippen MR) is 47.0 cm³/mol. The Labute approximate surface area is 80.7 Å². The lowest BCUT2D eigenvalue weighted by Gasteiger charge is -2.08. The maximum absolute atomic E-state index is 13.0. The molecule has 0 N–H and O–H groups in total. The summed E-state index contributed by atoms with van der Waals surface area (Å²) in [4.78, 5) is 11.0. The van der Waals surface area contributed by atoms with Crippen LogP contribution in [-0.2, 0) is 16.0 Å². The van der Waals surface area contributed by atoms with Crippen LogP contribution in [0.5, 0.6) is 0 Å². The second-order valence-corrected chi connectivity index (χ2v) is 3.92. The summed E-state index contributed by atoms with van der Waals surface area (Å²) in [7, 11) is 0. The standard InChI is InChI=1S/C11H9FO2/c12-8-2-1-6-3-7-4-10(13)14-11(7)9(6)5-8/h1-2,5,7,11H,3-4H2/t7-,11+/m0/s1. The number of hydrogen-bond acceptors (Lipinski definition) is 2. The highest BCUT2D eigenvalue weighted by Gasteiger charge is 2.42. The topological polar surface area (TPSA) is 26.3 Å². The largest absolute Gasteiger partial charge is 0.457 e. The molecule has 3 rings (SSSR count). The van der Waals surface area contributed by atoms with Gasteiger partial charge in [0.25, 0.3) is 0 Å². The lowest BCUT2D eigenvalue weighted by Crippen LogP contribution is -1.99. The smallest absolute Gasteiger partial charge is 0.306 e. The summed E-state index contributed by atoms with van der Waals surface area (Å²) in [5, 5.41) is 0. The fraction of sp³-hybridized carbons (Fsp3) is 0.364. The summed E-state index contributed by atoms with van der Waals surface area (Å²) in [5.74, 6) is -0.179. The van der Waals surface area contributed by atoms with Gasteiger partial charge in [-0.25, -0.2) is 4.39 Å². The Morgan fingerprint density at radius 3 is 3.07 bits per heavy atom. The van der Waals surface area contributed by atoms with Crippen LogP contribution in [0.15, 0.2) is 18.2 Å². The van der Waals surface area contributed by atoms with E-state index in [2.05, 4.69) is 0 Å². The number of carbonyl (C=O) groups is 1. The van der Waals surface area contributed by atoms with E-state index in [1.54, 1.807) is 6.07 Å². The molecule has 0 radical (unpaired) electrons. The van der Waals surface area contributed by atoms with E-state index in [-0.39, 0.29) is 23.8 Å². The minimum atomic E-state index is -0.257. The Morgan fingerprint density at radius 2 is 2.21 bits per heavy atom. The number of fused-ring (bicyclic) bond motifs is 3. The molecule has 0 spiro atoms. The molecule has 0 unspecified atom stereocenters. The van der Waals surface area contributed by atoms with E-state index in [4.69, 9.17) is 4.74 Å². The molecule has 1 aliphatic carbocycles. The first-order valence-corrected chi connectivity index (χ1v) is 4.72. The van der Waals surface area contributed by atoms with Crippen molar-refractivity contribution in [3.05, 3.63) is 35.1 Å². The molecule has 1 fully saturated rings. The van der Waals surface area contributed by atoms with E-state index < -0.39 is 0 Å².